The maximum absolute atomic E-state index is 8.57. The fraction of sp³-hybridized carbons (Fsp3) is 0.958. The van der Waals surface area contributed by atoms with Gasteiger partial charge in [0.25, 0.3) is 0 Å². The van der Waals surface area contributed by atoms with Crippen LogP contribution in [0.3, 0.4) is 0 Å². The molecule has 316 valence electrons. The summed E-state index contributed by atoms with van der Waals surface area (Å²) in [5.74, 6) is 0. The van der Waals surface area contributed by atoms with E-state index in [9.17, 15) is 0 Å². The van der Waals surface area contributed by atoms with Crippen LogP contribution in [-0.2, 0) is 23.7 Å². The molecule has 0 radical (unpaired) electrons. The Morgan fingerprint density at radius 3 is 0.538 bits per heavy atom. The normalized spacial score (nSPS) is 10.3. The van der Waals surface area contributed by atoms with Crippen LogP contribution in [-0.4, -0.2) is 23.4 Å². The van der Waals surface area contributed by atoms with E-state index in [0.717, 1.165) is 46.1 Å². The van der Waals surface area contributed by atoms with Crippen molar-refractivity contribution in [2.75, 3.05) is 13.2 Å². The van der Waals surface area contributed by atoms with E-state index in [-0.39, 0.29) is 0 Å². The Labute approximate surface area is 344 Å². The van der Waals surface area contributed by atoms with Gasteiger partial charge in [0.1, 0.15) is 0 Å². The number of hydrogen-bond acceptors (Lipinski definition) is 3. The minimum atomic E-state index is 0.372. The summed E-state index contributed by atoms with van der Waals surface area (Å²) >= 11 is 0.750. The van der Waals surface area contributed by atoms with Gasteiger partial charge in [-0.2, -0.15) is 12.8 Å². The van der Waals surface area contributed by atoms with E-state index < -0.39 is 0 Å². The molecule has 0 saturated heterocycles. The predicted molar refractivity (Wildman–Crippen MR) is 233 cm³/mol. The average molecular weight is 775 g/mol. The van der Waals surface area contributed by atoms with E-state index in [2.05, 4.69) is 41.5 Å². The number of unbranched alkanes of at least 4 members (excludes halogenated alkanes) is 36. The first kappa shape index (κ1) is 61.7. The molecule has 0 atom stereocenters. The molecule has 0 rings (SSSR count). The van der Waals surface area contributed by atoms with Gasteiger partial charge in [-0.3, -0.25) is 0 Å². The molecule has 0 aromatic carbocycles. The zero-order chi connectivity index (χ0) is 39.7. The Bertz CT molecular complexity index is 408. The first-order chi connectivity index (χ1) is 25.7. The molecule has 0 saturated carbocycles. The molecule has 2 N–H and O–H groups in total. The van der Waals surface area contributed by atoms with E-state index in [4.69, 9.17) is 13.5 Å². The Morgan fingerprint density at radius 2 is 0.404 bits per heavy atom. The van der Waals surface area contributed by atoms with Gasteiger partial charge in [-0.1, -0.05) is 259 Å². The van der Waals surface area contributed by atoms with E-state index >= 15 is 0 Å². The van der Waals surface area contributed by atoms with Crippen LogP contribution in [0.15, 0.2) is 0 Å². The Hall–Kier alpha value is 0.434. The molecule has 0 aliphatic rings. The van der Waals surface area contributed by atoms with Crippen LogP contribution in [0.25, 0.3) is 0 Å². The molecule has 52 heavy (non-hydrogen) atoms. The van der Waals surface area contributed by atoms with Crippen molar-refractivity contribution in [3.63, 3.8) is 0 Å². The van der Waals surface area contributed by atoms with Crippen LogP contribution in [0.5, 0.6) is 0 Å². The number of aliphatic hydroxyl groups is 2. The van der Waals surface area contributed by atoms with Crippen LogP contribution >= 0.6 is 0 Å². The predicted octanol–water partition coefficient (Wildman–Crippen LogP) is 17.2. The van der Waals surface area contributed by atoms with Gasteiger partial charge in [-0.15, -0.1) is 0 Å². The summed E-state index contributed by atoms with van der Waals surface area (Å²) in [6.45, 7) is 17.5. The molecule has 0 aliphatic carbocycles. The summed E-state index contributed by atoms with van der Waals surface area (Å²) in [6.07, 6.45) is 54.4. The molecule has 0 aliphatic heterocycles. The van der Waals surface area contributed by atoms with Crippen molar-refractivity contribution < 1.29 is 33.9 Å². The molecular weight excluding hydrogens is 672 g/mol. The van der Waals surface area contributed by atoms with E-state index in [1.807, 2.05) is 0 Å². The third-order valence-corrected chi connectivity index (χ3v) is 9.73. The molecule has 0 aromatic rings. The van der Waals surface area contributed by atoms with Gasteiger partial charge < -0.3 is 24.1 Å². The summed E-state index contributed by atoms with van der Waals surface area (Å²) in [6, 6.07) is 0. The van der Waals surface area contributed by atoms with Gasteiger partial charge >= 0.3 is 23.7 Å². The Morgan fingerprint density at radius 1 is 0.269 bits per heavy atom. The first-order valence-electron chi connectivity index (χ1n) is 23.7. The van der Waals surface area contributed by atoms with Gasteiger partial charge in [0.2, 0.25) is 0 Å². The molecule has 0 aromatic heterocycles. The molecule has 3 nitrogen and oxygen atoms in total. The van der Waals surface area contributed by atoms with Gasteiger partial charge in [0.15, 0.2) is 0 Å². The number of aliphatic hydroxyl groups excluding tert-OH is 2. The fourth-order valence-electron chi connectivity index (χ4n) is 6.17. The van der Waals surface area contributed by atoms with E-state index in [0.29, 0.717) is 13.2 Å². The topological polar surface area (TPSA) is 57.5 Å². The third-order valence-electron chi connectivity index (χ3n) is 9.73. The monoisotopic (exact) mass is 775 g/mol. The van der Waals surface area contributed by atoms with Gasteiger partial charge in [-0.25, -0.2) is 0 Å². The van der Waals surface area contributed by atoms with Crippen molar-refractivity contribution in [3.05, 3.63) is 13.8 Å². The summed E-state index contributed by atoms with van der Waals surface area (Å²) < 4.78 is 8.25. The molecule has 0 fully saturated rings. The van der Waals surface area contributed by atoms with Crippen LogP contribution in [0.2, 0.25) is 0 Å². The number of rotatable bonds is 38. The van der Waals surface area contributed by atoms with E-state index in [1.165, 1.54) is 231 Å². The van der Waals surface area contributed by atoms with Crippen molar-refractivity contribution in [1.29, 1.82) is 0 Å². The molecular formula is C48H102O3Ti. The van der Waals surface area contributed by atoms with Crippen molar-refractivity contribution in [1.82, 2.24) is 0 Å². The van der Waals surface area contributed by atoms with Crippen molar-refractivity contribution in [3.8, 4) is 0 Å². The van der Waals surface area contributed by atoms with Crippen LogP contribution < -0.4 is 0 Å². The standard InChI is InChI=1S/2C12H26O.2C12H25.O.Ti/c2*1-2-3-4-5-6-7-8-9-10-11-12-13;2*1-3-5-7-9-11-12-10-8-6-4-2;;/h2*13H,2-12H2,1H3;2*1,3-12H2,2H3;;/q;;2*-1;;+2. The first-order valence-corrected chi connectivity index (χ1v) is 24.3. The molecule has 4 heteroatoms. The molecule has 0 amide bonds. The molecule has 0 bridgehead atoms. The minimum absolute atomic E-state index is 0.372. The second kappa shape index (κ2) is 72.7. The second-order valence-electron chi connectivity index (χ2n) is 15.2. The summed E-state index contributed by atoms with van der Waals surface area (Å²) in [7, 11) is 0. The summed E-state index contributed by atoms with van der Waals surface area (Å²) in [5.41, 5.74) is 0. The van der Waals surface area contributed by atoms with Crippen LogP contribution in [0, 0.1) is 13.8 Å². The summed E-state index contributed by atoms with van der Waals surface area (Å²) in [4.78, 5) is 0. The summed E-state index contributed by atoms with van der Waals surface area (Å²) in [5, 5.41) is 17.1. The SMILES string of the molecule is CCCCCCCCCCCCO.CCCCCCCCCCCCO.[CH2-]CCCCCCCCCCC.[CH2-]CCCCCCCCCCC.[O]=[Ti+2]. The Kier molecular flexibility index (Phi) is 86.1. The van der Waals surface area contributed by atoms with Crippen molar-refractivity contribution in [2.45, 2.75) is 285 Å². The average Bonchev–Trinajstić information content (AvgIpc) is 3.17. The Balaban J connectivity index is -0.000000186. The zero-order valence-electron chi connectivity index (χ0n) is 36.9. The number of hydrogen-bond donors (Lipinski definition) is 2. The van der Waals surface area contributed by atoms with Crippen molar-refractivity contribution in [2.24, 2.45) is 0 Å². The van der Waals surface area contributed by atoms with E-state index in [1.54, 1.807) is 0 Å². The quantitative estimate of drug-likeness (QED) is 0.0373. The molecule has 0 unspecified atom stereocenters. The maximum atomic E-state index is 8.57. The second-order valence-corrected chi connectivity index (χ2v) is 15.2. The zero-order valence-corrected chi connectivity index (χ0v) is 38.5. The molecule has 0 spiro atoms. The molecule has 0 heterocycles. The van der Waals surface area contributed by atoms with Gasteiger partial charge in [0, 0.05) is 13.2 Å². The third kappa shape index (κ3) is 83.4. The van der Waals surface area contributed by atoms with Gasteiger partial charge in [0.05, 0.1) is 0 Å². The van der Waals surface area contributed by atoms with Gasteiger partial charge in [-0.05, 0) is 12.8 Å². The van der Waals surface area contributed by atoms with Crippen LogP contribution in [0.1, 0.15) is 285 Å². The van der Waals surface area contributed by atoms with Crippen LogP contribution in [0.4, 0.5) is 0 Å². The van der Waals surface area contributed by atoms with Crippen molar-refractivity contribution >= 4 is 0 Å². The fourth-order valence-corrected chi connectivity index (χ4v) is 6.17.